The molecule has 17 heavy (non-hydrogen) atoms. The zero-order valence-corrected chi connectivity index (χ0v) is 9.52. The van der Waals surface area contributed by atoms with E-state index in [4.69, 9.17) is 9.26 Å². The van der Waals surface area contributed by atoms with Crippen molar-refractivity contribution in [3.8, 4) is 0 Å². The number of ether oxygens (including phenoxy) is 1. The number of rotatable bonds is 2. The second-order valence-corrected chi connectivity index (χ2v) is 4.03. The fraction of sp³-hybridized carbons (Fsp3) is 0.417. The second-order valence-electron chi connectivity index (χ2n) is 4.03. The molecule has 0 amide bonds. The standard InChI is InChI=1S/C12H12N2O3/c1-2-16-12(15)7-6-13-8-4-3-5-9-10(8)11(7)17-14-9/h6H,2-5H2,1H3. The summed E-state index contributed by atoms with van der Waals surface area (Å²) in [7, 11) is 0. The van der Waals surface area contributed by atoms with Crippen LogP contribution in [-0.2, 0) is 17.6 Å². The Morgan fingerprint density at radius 2 is 2.29 bits per heavy atom. The topological polar surface area (TPSA) is 65.2 Å². The maximum absolute atomic E-state index is 11.7. The third kappa shape index (κ3) is 1.50. The summed E-state index contributed by atoms with van der Waals surface area (Å²) in [6, 6.07) is 0. The van der Waals surface area contributed by atoms with Gasteiger partial charge in [0.15, 0.2) is 5.58 Å². The van der Waals surface area contributed by atoms with E-state index in [-0.39, 0.29) is 0 Å². The van der Waals surface area contributed by atoms with Crippen LogP contribution in [-0.4, -0.2) is 22.7 Å². The van der Waals surface area contributed by atoms with Crippen molar-refractivity contribution in [2.75, 3.05) is 6.61 Å². The highest BCUT2D eigenvalue weighted by Crippen LogP contribution is 2.30. The van der Waals surface area contributed by atoms with Gasteiger partial charge >= 0.3 is 5.97 Å². The molecule has 1 aliphatic carbocycles. The summed E-state index contributed by atoms with van der Waals surface area (Å²) in [6.07, 6.45) is 4.35. The first-order valence-electron chi connectivity index (χ1n) is 5.74. The first kappa shape index (κ1) is 10.3. The molecule has 0 unspecified atom stereocenters. The highest BCUT2D eigenvalue weighted by molar-refractivity contribution is 6.02. The minimum Gasteiger partial charge on any atom is -0.462 e. The molecule has 1 aliphatic rings. The fourth-order valence-corrected chi connectivity index (χ4v) is 2.21. The van der Waals surface area contributed by atoms with Gasteiger partial charge in [0.2, 0.25) is 0 Å². The quantitative estimate of drug-likeness (QED) is 0.740. The minimum atomic E-state index is -0.403. The lowest BCUT2D eigenvalue weighted by molar-refractivity contribution is 0.0526. The summed E-state index contributed by atoms with van der Waals surface area (Å²) in [5.74, 6) is -0.403. The predicted molar refractivity (Wildman–Crippen MR) is 59.8 cm³/mol. The molecule has 0 aliphatic heterocycles. The van der Waals surface area contributed by atoms with Gasteiger partial charge in [0.1, 0.15) is 5.56 Å². The smallest absolute Gasteiger partial charge is 0.343 e. The fourth-order valence-electron chi connectivity index (χ4n) is 2.21. The van der Waals surface area contributed by atoms with Crippen LogP contribution in [0.4, 0.5) is 0 Å². The number of pyridine rings is 1. The molecule has 0 spiro atoms. The minimum absolute atomic E-state index is 0.336. The van der Waals surface area contributed by atoms with E-state index in [9.17, 15) is 4.79 Å². The normalized spacial score (nSPS) is 13.9. The Bertz CT molecular complexity index is 589. The van der Waals surface area contributed by atoms with Crippen LogP contribution >= 0.6 is 0 Å². The lowest BCUT2D eigenvalue weighted by atomic mass is 9.98. The molecule has 0 bridgehead atoms. The summed E-state index contributed by atoms with van der Waals surface area (Å²) in [5.41, 5.74) is 2.75. The Balaban J connectivity index is 2.19. The Morgan fingerprint density at radius 3 is 3.12 bits per heavy atom. The van der Waals surface area contributed by atoms with Crippen molar-refractivity contribution < 1.29 is 14.1 Å². The number of aromatic nitrogens is 2. The monoisotopic (exact) mass is 232 g/mol. The van der Waals surface area contributed by atoms with Gasteiger partial charge in [-0.3, -0.25) is 4.98 Å². The van der Waals surface area contributed by atoms with Crippen LogP contribution in [0.15, 0.2) is 10.7 Å². The predicted octanol–water partition coefficient (Wildman–Crippen LogP) is 1.89. The van der Waals surface area contributed by atoms with E-state index in [0.29, 0.717) is 17.8 Å². The number of carbonyl (C=O) groups is 1. The molecule has 0 aromatic carbocycles. The van der Waals surface area contributed by atoms with E-state index in [1.807, 2.05) is 0 Å². The maximum Gasteiger partial charge on any atom is 0.343 e. The first-order valence-corrected chi connectivity index (χ1v) is 5.74. The number of aryl methyl sites for hydroxylation is 2. The van der Waals surface area contributed by atoms with E-state index in [1.165, 1.54) is 6.20 Å². The van der Waals surface area contributed by atoms with Crippen LogP contribution in [0.3, 0.4) is 0 Å². The van der Waals surface area contributed by atoms with Crippen molar-refractivity contribution in [3.05, 3.63) is 23.1 Å². The molecule has 0 fully saturated rings. The van der Waals surface area contributed by atoms with Crippen LogP contribution in [0.5, 0.6) is 0 Å². The van der Waals surface area contributed by atoms with Crippen molar-refractivity contribution in [3.63, 3.8) is 0 Å². The summed E-state index contributed by atoms with van der Waals surface area (Å²) in [5, 5.41) is 4.91. The van der Waals surface area contributed by atoms with Crippen LogP contribution < -0.4 is 0 Å². The third-order valence-corrected chi connectivity index (χ3v) is 2.97. The van der Waals surface area contributed by atoms with Gasteiger partial charge in [-0.2, -0.15) is 0 Å². The number of carbonyl (C=O) groups excluding carboxylic acids is 1. The van der Waals surface area contributed by atoms with Crippen LogP contribution in [0, 0.1) is 0 Å². The molecule has 0 N–H and O–H groups in total. The summed E-state index contributed by atoms with van der Waals surface area (Å²) < 4.78 is 10.2. The number of hydrogen-bond donors (Lipinski definition) is 0. The second kappa shape index (κ2) is 3.84. The van der Waals surface area contributed by atoms with Gasteiger partial charge in [-0.05, 0) is 26.2 Å². The van der Waals surface area contributed by atoms with E-state index in [0.717, 1.165) is 36.0 Å². The summed E-state index contributed by atoms with van der Waals surface area (Å²) in [6.45, 7) is 2.11. The van der Waals surface area contributed by atoms with Gasteiger partial charge in [-0.15, -0.1) is 0 Å². The number of esters is 1. The first-order chi connectivity index (χ1) is 8.31. The van der Waals surface area contributed by atoms with Gasteiger partial charge in [-0.1, -0.05) is 5.16 Å². The molecular weight excluding hydrogens is 220 g/mol. The molecule has 5 nitrogen and oxygen atoms in total. The molecule has 0 radical (unpaired) electrons. The van der Waals surface area contributed by atoms with Gasteiger partial charge in [0.25, 0.3) is 0 Å². The van der Waals surface area contributed by atoms with E-state index in [2.05, 4.69) is 10.1 Å². The van der Waals surface area contributed by atoms with Gasteiger partial charge in [0, 0.05) is 6.20 Å². The van der Waals surface area contributed by atoms with Crippen molar-refractivity contribution in [1.82, 2.24) is 10.1 Å². The van der Waals surface area contributed by atoms with Gasteiger partial charge < -0.3 is 9.26 Å². The number of hydrogen-bond acceptors (Lipinski definition) is 5. The highest BCUT2D eigenvalue weighted by Gasteiger charge is 2.24. The molecule has 2 heterocycles. The largest absolute Gasteiger partial charge is 0.462 e. The lowest BCUT2D eigenvalue weighted by Gasteiger charge is -2.09. The Labute approximate surface area is 97.8 Å². The highest BCUT2D eigenvalue weighted by atomic mass is 16.5. The third-order valence-electron chi connectivity index (χ3n) is 2.97. The Morgan fingerprint density at radius 1 is 1.47 bits per heavy atom. The van der Waals surface area contributed by atoms with Gasteiger partial charge in [0.05, 0.1) is 23.4 Å². The summed E-state index contributed by atoms with van der Waals surface area (Å²) >= 11 is 0. The average Bonchev–Trinajstić information content (AvgIpc) is 2.76. The van der Waals surface area contributed by atoms with Crippen LogP contribution in [0.25, 0.3) is 11.0 Å². The molecule has 5 heteroatoms. The molecule has 88 valence electrons. The average molecular weight is 232 g/mol. The molecule has 2 aromatic rings. The zero-order valence-electron chi connectivity index (χ0n) is 9.52. The van der Waals surface area contributed by atoms with Gasteiger partial charge in [-0.25, -0.2) is 4.79 Å². The van der Waals surface area contributed by atoms with Crippen molar-refractivity contribution in [1.29, 1.82) is 0 Å². The Hall–Kier alpha value is -1.91. The van der Waals surface area contributed by atoms with Crippen LogP contribution in [0.2, 0.25) is 0 Å². The Kier molecular flexibility index (Phi) is 2.31. The van der Waals surface area contributed by atoms with E-state index >= 15 is 0 Å². The van der Waals surface area contributed by atoms with E-state index in [1.54, 1.807) is 6.92 Å². The maximum atomic E-state index is 11.7. The molecule has 2 aromatic heterocycles. The summed E-state index contributed by atoms with van der Waals surface area (Å²) in [4.78, 5) is 16.0. The van der Waals surface area contributed by atoms with Crippen LogP contribution in [0.1, 0.15) is 35.1 Å². The van der Waals surface area contributed by atoms with Crippen molar-refractivity contribution >= 4 is 16.9 Å². The SMILES string of the molecule is CCOC(=O)c1cnc2c3c(noc13)CCC2. The lowest BCUT2D eigenvalue weighted by Crippen LogP contribution is -2.08. The van der Waals surface area contributed by atoms with Crippen molar-refractivity contribution in [2.24, 2.45) is 0 Å². The number of nitrogens with zero attached hydrogens (tertiary/aromatic N) is 2. The van der Waals surface area contributed by atoms with E-state index < -0.39 is 5.97 Å². The molecule has 3 rings (SSSR count). The molecule has 0 atom stereocenters. The van der Waals surface area contributed by atoms with Crippen molar-refractivity contribution in [2.45, 2.75) is 26.2 Å². The molecule has 0 saturated heterocycles. The molecule has 0 saturated carbocycles. The molecular formula is C12H12N2O3. The zero-order chi connectivity index (χ0) is 11.8.